The Hall–Kier alpha value is -3.86. The minimum Gasteiger partial charge on any atom is -0.397 e. The van der Waals surface area contributed by atoms with Crippen LogP contribution in [0.3, 0.4) is 0 Å². The van der Waals surface area contributed by atoms with E-state index in [0.717, 1.165) is 0 Å². The molecule has 0 heterocycles. The van der Waals surface area contributed by atoms with Crippen LogP contribution >= 0.6 is 0 Å². The summed E-state index contributed by atoms with van der Waals surface area (Å²) in [4.78, 5) is 12.7. The second kappa shape index (κ2) is 8.71. The highest BCUT2D eigenvalue weighted by molar-refractivity contribution is 7.90. The molecule has 5 N–H and O–H groups in total. The first kappa shape index (κ1) is 21.4. The number of benzene rings is 3. The summed E-state index contributed by atoms with van der Waals surface area (Å²) in [5.41, 5.74) is 13.4. The highest BCUT2D eigenvalue weighted by atomic mass is 32.2. The van der Waals surface area contributed by atoms with Crippen molar-refractivity contribution in [3.63, 3.8) is 0 Å². The Morgan fingerprint density at radius 2 is 1.56 bits per heavy atom. The van der Waals surface area contributed by atoms with Gasteiger partial charge in [0.05, 0.1) is 16.3 Å². The number of nitrogens with zero attached hydrogens (tertiary/aromatic N) is 2. The summed E-state index contributed by atoms with van der Waals surface area (Å²) in [6, 6.07) is 19.3. The minimum absolute atomic E-state index is 0.135. The fraction of sp³-hybridized carbons (Fsp3) is 0.0455. The number of nitrogens with two attached hydrogens (primary N) is 1. The predicted octanol–water partition coefficient (Wildman–Crippen LogP) is 4.09. The van der Waals surface area contributed by atoms with E-state index in [9.17, 15) is 17.8 Å². The first-order valence-electron chi connectivity index (χ1n) is 9.54. The molecule has 3 aromatic rings. The van der Waals surface area contributed by atoms with Crippen LogP contribution in [-0.4, -0.2) is 24.8 Å². The first-order valence-corrected chi connectivity index (χ1v) is 11.0. The third-order valence-electron chi connectivity index (χ3n) is 4.80. The number of hydrogen-bond acceptors (Lipinski definition) is 8. The Balaban J connectivity index is 1.76. The normalized spacial score (nSPS) is 16.0. The zero-order valence-electron chi connectivity index (χ0n) is 16.6. The summed E-state index contributed by atoms with van der Waals surface area (Å²) >= 11 is 0. The molecule has 4 rings (SSSR count). The van der Waals surface area contributed by atoms with Gasteiger partial charge in [-0.2, -0.15) is 13.5 Å². The van der Waals surface area contributed by atoms with E-state index in [1.165, 1.54) is 18.2 Å². The van der Waals surface area contributed by atoms with Gasteiger partial charge in [0.2, 0.25) is 0 Å². The van der Waals surface area contributed by atoms with E-state index in [4.69, 9.17) is 5.73 Å². The topological polar surface area (TPSA) is 146 Å². The molecule has 1 aliphatic carbocycles. The Labute approximate surface area is 184 Å². The van der Waals surface area contributed by atoms with Crippen LogP contribution in [0.1, 0.15) is 15.9 Å². The van der Waals surface area contributed by atoms with Crippen molar-refractivity contribution in [1.82, 2.24) is 5.43 Å². The maximum absolute atomic E-state index is 13.2. The average Bonchev–Trinajstić information content (AvgIpc) is 2.78. The summed E-state index contributed by atoms with van der Waals surface area (Å²) in [5.74, 6) is -0.574. The van der Waals surface area contributed by atoms with Crippen LogP contribution in [0.5, 0.6) is 0 Å². The molecule has 0 aromatic heterocycles. The number of carbonyl (C=O) groups excluding carboxylic acids is 1. The van der Waals surface area contributed by atoms with E-state index in [0.29, 0.717) is 11.4 Å². The molecule has 1 aliphatic rings. The molecule has 0 aliphatic heterocycles. The maximum Gasteiger partial charge on any atom is 0.292 e. The number of anilines is 2. The number of Topliss-reactive ketones (excluding diaryl/α,β-unsaturated/α-hetero) is 1. The Kier molecular flexibility index (Phi) is 5.82. The van der Waals surface area contributed by atoms with Crippen LogP contribution in [0.2, 0.25) is 0 Å². The molecular formula is C22H19N5O4S. The molecule has 0 saturated carbocycles. The zero-order valence-corrected chi connectivity index (χ0v) is 17.5. The van der Waals surface area contributed by atoms with Crippen LogP contribution in [-0.2, 0) is 10.1 Å². The SMILES string of the molecule is Nc1ccc2c(c1N=Nc1ccccc1)C=C(S(=O)(=O)O)C(NNc1ccccc1)C2=O. The van der Waals surface area contributed by atoms with Crippen molar-refractivity contribution >= 4 is 44.7 Å². The molecule has 1 atom stereocenters. The average molecular weight is 449 g/mol. The number of fused-ring (bicyclic) bond motifs is 1. The van der Waals surface area contributed by atoms with E-state index < -0.39 is 26.8 Å². The number of para-hydroxylation sites is 1. The van der Waals surface area contributed by atoms with Gasteiger partial charge in [-0.3, -0.25) is 9.35 Å². The number of azo groups is 1. The Bertz CT molecular complexity index is 1320. The molecule has 0 saturated heterocycles. The summed E-state index contributed by atoms with van der Waals surface area (Å²) < 4.78 is 34.1. The number of ketones is 1. The van der Waals surface area contributed by atoms with Crippen LogP contribution in [0.4, 0.5) is 22.7 Å². The standard InChI is InChI=1S/C22H19N5O4S/c23-18-12-11-16-17(20(18)26-24-14-7-3-1-4-8-14)13-19(32(29,30)31)21(22(16)28)27-25-15-9-5-2-6-10-15/h1-13,21,25,27H,23H2,(H,29,30,31). The summed E-state index contributed by atoms with van der Waals surface area (Å²) in [7, 11) is -4.73. The van der Waals surface area contributed by atoms with Crippen molar-refractivity contribution in [3.8, 4) is 0 Å². The lowest BCUT2D eigenvalue weighted by Crippen LogP contribution is -2.45. The molecule has 0 bridgehead atoms. The smallest absolute Gasteiger partial charge is 0.292 e. The molecular weight excluding hydrogens is 430 g/mol. The van der Waals surface area contributed by atoms with Crippen molar-refractivity contribution in [3.05, 3.63) is 88.8 Å². The van der Waals surface area contributed by atoms with Crippen LogP contribution in [0, 0.1) is 0 Å². The Morgan fingerprint density at radius 1 is 0.906 bits per heavy atom. The van der Waals surface area contributed by atoms with Gasteiger partial charge in [-0.15, -0.1) is 5.11 Å². The summed E-state index contributed by atoms with van der Waals surface area (Å²) in [6.07, 6.45) is 1.19. The second-order valence-corrected chi connectivity index (χ2v) is 8.38. The summed E-state index contributed by atoms with van der Waals surface area (Å²) in [5, 5.41) is 8.27. The molecule has 9 nitrogen and oxygen atoms in total. The largest absolute Gasteiger partial charge is 0.397 e. The summed E-state index contributed by atoms with van der Waals surface area (Å²) in [6.45, 7) is 0. The number of rotatable bonds is 6. The van der Waals surface area contributed by atoms with E-state index in [1.807, 2.05) is 12.1 Å². The van der Waals surface area contributed by atoms with Gasteiger partial charge in [-0.1, -0.05) is 36.4 Å². The maximum atomic E-state index is 13.2. The molecule has 0 spiro atoms. The minimum atomic E-state index is -4.73. The van der Waals surface area contributed by atoms with Gasteiger partial charge in [0.15, 0.2) is 5.78 Å². The number of carbonyl (C=O) groups is 1. The number of hydrogen-bond donors (Lipinski definition) is 4. The number of hydrazine groups is 1. The van der Waals surface area contributed by atoms with Crippen molar-refractivity contribution in [1.29, 1.82) is 0 Å². The van der Waals surface area contributed by atoms with Gasteiger partial charge in [-0.25, -0.2) is 5.43 Å². The molecule has 10 heteroatoms. The molecule has 162 valence electrons. The lowest BCUT2D eigenvalue weighted by atomic mass is 9.91. The van der Waals surface area contributed by atoms with Gasteiger partial charge >= 0.3 is 0 Å². The molecule has 0 radical (unpaired) electrons. The molecule has 3 aromatic carbocycles. The second-order valence-electron chi connectivity index (χ2n) is 6.95. The predicted molar refractivity (Wildman–Crippen MR) is 122 cm³/mol. The van der Waals surface area contributed by atoms with Crippen molar-refractivity contribution in [2.45, 2.75) is 6.04 Å². The first-order chi connectivity index (χ1) is 15.3. The fourth-order valence-electron chi connectivity index (χ4n) is 3.25. The quantitative estimate of drug-likeness (QED) is 0.192. The van der Waals surface area contributed by atoms with Gasteiger partial charge in [0.25, 0.3) is 10.1 Å². The monoisotopic (exact) mass is 449 g/mol. The van der Waals surface area contributed by atoms with Gasteiger partial charge < -0.3 is 11.2 Å². The van der Waals surface area contributed by atoms with Crippen LogP contribution in [0.15, 0.2) is 87.9 Å². The van der Waals surface area contributed by atoms with Crippen molar-refractivity contribution < 1.29 is 17.8 Å². The van der Waals surface area contributed by atoms with E-state index >= 15 is 0 Å². The molecule has 0 fully saturated rings. The van der Waals surface area contributed by atoms with Gasteiger partial charge in [-0.05, 0) is 42.5 Å². The van der Waals surface area contributed by atoms with Gasteiger partial charge in [0.1, 0.15) is 11.7 Å². The number of nitrogens with one attached hydrogen (secondary N) is 2. The molecule has 32 heavy (non-hydrogen) atoms. The highest BCUT2D eigenvalue weighted by Gasteiger charge is 2.37. The van der Waals surface area contributed by atoms with Crippen LogP contribution in [0.25, 0.3) is 6.08 Å². The highest BCUT2D eigenvalue weighted by Crippen LogP contribution is 2.38. The zero-order chi connectivity index (χ0) is 22.7. The van der Waals surface area contributed by atoms with E-state index in [1.54, 1.807) is 48.5 Å². The van der Waals surface area contributed by atoms with Crippen molar-refractivity contribution in [2.75, 3.05) is 11.2 Å². The third kappa shape index (κ3) is 4.42. The van der Waals surface area contributed by atoms with E-state index in [-0.39, 0.29) is 22.5 Å². The lowest BCUT2D eigenvalue weighted by Gasteiger charge is -2.25. The van der Waals surface area contributed by atoms with Crippen LogP contribution < -0.4 is 16.6 Å². The van der Waals surface area contributed by atoms with Gasteiger partial charge in [0, 0.05) is 16.8 Å². The number of nitrogen functional groups attached to an aromatic ring is 1. The molecule has 1 unspecified atom stereocenters. The third-order valence-corrected chi connectivity index (χ3v) is 5.75. The van der Waals surface area contributed by atoms with E-state index in [2.05, 4.69) is 21.1 Å². The van der Waals surface area contributed by atoms with Crippen molar-refractivity contribution in [2.24, 2.45) is 10.2 Å². The lowest BCUT2D eigenvalue weighted by molar-refractivity contribution is 0.0962. The fourth-order valence-corrected chi connectivity index (χ4v) is 3.98. The Morgan fingerprint density at radius 3 is 2.22 bits per heavy atom. The molecule has 0 amide bonds.